The lowest BCUT2D eigenvalue weighted by atomic mass is 10.2. The number of hydrogen-bond acceptors (Lipinski definition) is 5. The number of ether oxygens (including phenoxy) is 2. The molecule has 6 nitrogen and oxygen atoms in total. The predicted octanol–water partition coefficient (Wildman–Crippen LogP) is 2.20. The van der Waals surface area contributed by atoms with Gasteiger partial charge in [0.25, 0.3) is 0 Å². The number of rotatable bonds is 7. The van der Waals surface area contributed by atoms with Crippen LogP contribution in [-0.4, -0.2) is 58.6 Å². The molecular formula is C18H25FN4O2. The molecular weight excluding hydrogens is 323 g/mol. The van der Waals surface area contributed by atoms with Crippen molar-refractivity contribution >= 4 is 0 Å². The van der Waals surface area contributed by atoms with Crippen LogP contribution in [0.3, 0.4) is 0 Å². The van der Waals surface area contributed by atoms with Gasteiger partial charge in [0.2, 0.25) is 0 Å². The lowest BCUT2D eigenvalue weighted by Crippen LogP contribution is -2.45. The standard InChI is InChI=1S/C18H25FN4O2/c1-14-20-15(2)23(21-14)13-18-12-22(9-11-25-18)8-3-10-24-17-6-4-16(19)5-7-17/h4-7,18H,3,8-13H2,1-2H3. The van der Waals surface area contributed by atoms with E-state index in [2.05, 4.69) is 15.0 Å². The van der Waals surface area contributed by atoms with Gasteiger partial charge in [0.15, 0.2) is 0 Å². The second-order valence-electron chi connectivity index (χ2n) is 6.34. The van der Waals surface area contributed by atoms with E-state index in [1.165, 1.54) is 12.1 Å². The fraction of sp³-hybridized carbons (Fsp3) is 0.556. The topological polar surface area (TPSA) is 52.4 Å². The maximum Gasteiger partial charge on any atom is 0.147 e. The highest BCUT2D eigenvalue weighted by Gasteiger charge is 2.21. The van der Waals surface area contributed by atoms with Gasteiger partial charge in [0.05, 0.1) is 25.9 Å². The van der Waals surface area contributed by atoms with Gasteiger partial charge in [-0.25, -0.2) is 14.1 Å². The molecule has 2 aromatic rings. The van der Waals surface area contributed by atoms with Crippen molar-refractivity contribution in [2.24, 2.45) is 0 Å². The minimum Gasteiger partial charge on any atom is -0.494 e. The van der Waals surface area contributed by atoms with Crippen LogP contribution in [0.5, 0.6) is 5.75 Å². The molecule has 1 atom stereocenters. The van der Waals surface area contributed by atoms with Gasteiger partial charge in [-0.2, -0.15) is 5.10 Å². The van der Waals surface area contributed by atoms with Gasteiger partial charge in [0, 0.05) is 19.6 Å². The zero-order chi connectivity index (χ0) is 17.6. The van der Waals surface area contributed by atoms with Crippen LogP contribution in [0.15, 0.2) is 24.3 Å². The molecule has 7 heteroatoms. The monoisotopic (exact) mass is 348 g/mol. The van der Waals surface area contributed by atoms with Crippen LogP contribution in [0.2, 0.25) is 0 Å². The van der Waals surface area contributed by atoms with Crippen molar-refractivity contribution in [1.82, 2.24) is 19.7 Å². The molecule has 0 radical (unpaired) electrons. The average Bonchev–Trinajstić information content (AvgIpc) is 2.91. The zero-order valence-corrected chi connectivity index (χ0v) is 14.8. The third-order valence-corrected chi connectivity index (χ3v) is 4.26. The lowest BCUT2D eigenvalue weighted by molar-refractivity contribution is -0.0387. The van der Waals surface area contributed by atoms with E-state index in [4.69, 9.17) is 9.47 Å². The summed E-state index contributed by atoms with van der Waals surface area (Å²) in [4.78, 5) is 6.72. The van der Waals surface area contributed by atoms with Crippen LogP contribution in [0.25, 0.3) is 0 Å². The minimum absolute atomic E-state index is 0.131. The van der Waals surface area contributed by atoms with Gasteiger partial charge >= 0.3 is 0 Å². The highest BCUT2D eigenvalue weighted by molar-refractivity contribution is 5.21. The van der Waals surface area contributed by atoms with E-state index in [0.717, 1.165) is 50.9 Å². The van der Waals surface area contributed by atoms with E-state index in [1.54, 1.807) is 12.1 Å². The summed E-state index contributed by atoms with van der Waals surface area (Å²) < 4.78 is 26.3. The van der Waals surface area contributed by atoms with E-state index < -0.39 is 0 Å². The van der Waals surface area contributed by atoms with Crippen molar-refractivity contribution in [2.75, 3.05) is 32.8 Å². The maximum atomic E-state index is 12.9. The first-order valence-corrected chi connectivity index (χ1v) is 8.70. The minimum atomic E-state index is -0.246. The van der Waals surface area contributed by atoms with Crippen LogP contribution in [0, 0.1) is 19.7 Å². The molecule has 0 saturated carbocycles. The maximum absolute atomic E-state index is 12.9. The Morgan fingerprint density at radius 1 is 1.28 bits per heavy atom. The number of hydrogen-bond donors (Lipinski definition) is 0. The van der Waals surface area contributed by atoms with E-state index in [1.807, 2.05) is 18.5 Å². The van der Waals surface area contributed by atoms with E-state index in [9.17, 15) is 4.39 Å². The molecule has 1 saturated heterocycles. The summed E-state index contributed by atoms with van der Waals surface area (Å²) in [5.74, 6) is 2.18. The summed E-state index contributed by atoms with van der Waals surface area (Å²) >= 11 is 0. The molecule has 0 amide bonds. The van der Waals surface area contributed by atoms with Gasteiger partial charge in [-0.1, -0.05) is 0 Å². The Kier molecular flexibility index (Phi) is 5.99. The summed E-state index contributed by atoms with van der Waals surface area (Å²) in [6, 6.07) is 6.14. The van der Waals surface area contributed by atoms with Crippen molar-refractivity contribution in [3.63, 3.8) is 0 Å². The number of aromatic nitrogens is 3. The van der Waals surface area contributed by atoms with Crippen molar-refractivity contribution in [3.8, 4) is 5.75 Å². The summed E-state index contributed by atoms with van der Waals surface area (Å²) in [5, 5.41) is 4.40. The quantitative estimate of drug-likeness (QED) is 0.718. The Hall–Kier alpha value is -1.99. The van der Waals surface area contributed by atoms with Gasteiger partial charge in [-0.3, -0.25) is 4.90 Å². The Balaban J connectivity index is 1.39. The molecule has 1 aliphatic rings. The molecule has 25 heavy (non-hydrogen) atoms. The normalized spacial score (nSPS) is 18.4. The Morgan fingerprint density at radius 2 is 2.08 bits per heavy atom. The van der Waals surface area contributed by atoms with Crippen LogP contribution in [0.1, 0.15) is 18.1 Å². The third kappa shape index (κ3) is 5.24. The summed E-state index contributed by atoms with van der Waals surface area (Å²) in [6.45, 7) is 8.72. The highest BCUT2D eigenvalue weighted by Crippen LogP contribution is 2.12. The summed E-state index contributed by atoms with van der Waals surface area (Å²) in [7, 11) is 0. The van der Waals surface area contributed by atoms with Crippen LogP contribution < -0.4 is 4.74 Å². The molecule has 0 N–H and O–H groups in total. The first kappa shape index (κ1) is 17.8. The second-order valence-corrected chi connectivity index (χ2v) is 6.34. The molecule has 1 aromatic carbocycles. The second kappa shape index (κ2) is 8.40. The molecule has 3 rings (SSSR count). The number of halogens is 1. The van der Waals surface area contributed by atoms with Crippen molar-refractivity contribution in [1.29, 1.82) is 0 Å². The van der Waals surface area contributed by atoms with Crippen molar-refractivity contribution < 1.29 is 13.9 Å². The van der Waals surface area contributed by atoms with Gasteiger partial charge in [0.1, 0.15) is 23.2 Å². The highest BCUT2D eigenvalue weighted by atomic mass is 19.1. The molecule has 0 bridgehead atoms. The number of benzene rings is 1. The van der Waals surface area contributed by atoms with Crippen molar-refractivity contribution in [3.05, 3.63) is 41.7 Å². The Labute approximate surface area is 147 Å². The number of morpholine rings is 1. The SMILES string of the molecule is Cc1nc(C)n(CC2CN(CCCOc3ccc(F)cc3)CCO2)n1. The predicted molar refractivity (Wildman–Crippen MR) is 92.2 cm³/mol. The largest absolute Gasteiger partial charge is 0.494 e. The molecule has 0 aliphatic carbocycles. The fourth-order valence-corrected chi connectivity index (χ4v) is 3.03. The Morgan fingerprint density at radius 3 is 2.80 bits per heavy atom. The first-order valence-electron chi connectivity index (χ1n) is 8.70. The van der Waals surface area contributed by atoms with Gasteiger partial charge in [-0.15, -0.1) is 0 Å². The third-order valence-electron chi connectivity index (χ3n) is 4.26. The van der Waals surface area contributed by atoms with Crippen LogP contribution >= 0.6 is 0 Å². The first-order chi connectivity index (χ1) is 12.1. The molecule has 1 aliphatic heterocycles. The number of nitrogens with zero attached hydrogens (tertiary/aromatic N) is 4. The summed E-state index contributed by atoms with van der Waals surface area (Å²) in [5.41, 5.74) is 0. The molecule has 1 aromatic heterocycles. The van der Waals surface area contributed by atoms with Crippen LogP contribution in [-0.2, 0) is 11.3 Å². The molecule has 1 fully saturated rings. The smallest absolute Gasteiger partial charge is 0.147 e. The summed E-state index contributed by atoms with van der Waals surface area (Å²) in [6.07, 6.45) is 1.05. The van der Waals surface area contributed by atoms with Gasteiger partial charge in [-0.05, 0) is 44.5 Å². The fourth-order valence-electron chi connectivity index (χ4n) is 3.03. The van der Waals surface area contributed by atoms with Gasteiger partial charge < -0.3 is 9.47 Å². The van der Waals surface area contributed by atoms with Crippen LogP contribution in [0.4, 0.5) is 4.39 Å². The molecule has 136 valence electrons. The van der Waals surface area contributed by atoms with E-state index in [0.29, 0.717) is 12.4 Å². The van der Waals surface area contributed by atoms with Crippen molar-refractivity contribution in [2.45, 2.75) is 32.9 Å². The zero-order valence-electron chi connectivity index (χ0n) is 14.8. The molecule has 2 heterocycles. The molecule has 0 spiro atoms. The molecule has 1 unspecified atom stereocenters. The number of aryl methyl sites for hydroxylation is 2. The van der Waals surface area contributed by atoms with E-state index >= 15 is 0 Å². The Bertz CT molecular complexity index is 674. The average molecular weight is 348 g/mol. The lowest BCUT2D eigenvalue weighted by Gasteiger charge is -2.32. The van der Waals surface area contributed by atoms with E-state index in [-0.39, 0.29) is 11.9 Å².